The van der Waals surface area contributed by atoms with Gasteiger partial charge in [0, 0.05) is 43.3 Å². The Bertz CT molecular complexity index is 859. The van der Waals surface area contributed by atoms with Crippen molar-refractivity contribution in [3.05, 3.63) is 48.5 Å². The third-order valence-electron chi connectivity index (χ3n) is 5.64. The van der Waals surface area contributed by atoms with E-state index in [-0.39, 0.29) is 0 Å². The minimum atomic E-state index is 0.297. The lowest BCUT2D eigenvalue weighted by molar-refractivity contribution is 0.0979. The Kier molecular flexibility index (Phi) is 4.17. The SMILES string of the molecule is c1cc(OC2CCN(Cc3cnoc3)CC2)c2ccn(CC3CC3)c2c1. The van der Waals surface area contributed by atoms with Crippen molar-refractivity contribution in [3.63, 3.8) is 0 Å². The van der Waals surface area contributed by atoms with Crippen molar-refractivity contribution in [2.45, 2.75) is 44.9 Å². The average molecular weight is 351 g/mol. The molecule has 5 rings (SSSR count). The number of hydrogen-bond acceptors (Lipinski definition) is 4. The number of fused-ring (bicyclic) bond motifs is 1. The average Bonchev–Trinajstić information content (AvgIpc) is 3.15. The summed E-state index contributed by atoms with van der Waals surface area (Å²) in [4.78, 5) is 2.44. The van der Waals surface area contributed by atoms with Gasteiger partial charge in [-0.05, 0) is 49.8 Å². The number of likely N-dealkylation sites (tertiary alicyclic amines) is 1. The second-order valence-corrected chi connectivity index (χ2v) is 7.73. The molecule has 5 heteroatoms. The fourth-order valence-corrected chi connectivity index (χ4v) is 3.96. The van der Waals surface area contributed by atoms with Crippen molar-refractivity contribution in [1.29, 1.82) is 0 Å². The minimum absolute atomic E-state index is 0.297. The number of ether oxygens (including phenoxy) is 1. The van der Waals surface area contributed by atoms with Crippen LogP contribution in [0, 0.1) is 5.92 Å². The standard InChI is InChI=1S/C21H25N3O2/c1-2-20-19(8-11-24(20)14-16-4-5-16)21(3-1)26-18-6-9-23(10-7-18)13-17-12-22-25-15-17/h1-3,8,11-12,15-16,18H,4-7,9-10,13-14H2. The summed E-state index contributed by atoms with van der Waals surface area (Å²) in [5, 5.41) is 5.03. The lowest BCUT2D eigenvalue weighted by Gasteiger charge is -2.31. The molecule has 1 aromatic carbocycles. The fourth-order valence-electron chi connectivity index (χ4n) is 3.96. The Morgan fingerprint density at radius 2 is 2.00 bits per heavy atom. The van der Waals surface area contributed by atoms with Crippen molar-refractivity contribution >= 4 is 10.9 Å². The number of aromatic nitrogens is 2. The van der Waals surface area contributed by atoms with Crippen LogP contribution in [0.3, 0.4) is 0 Å². The zero-order valence-corrected chi connectivity index (χ0v) is 15.0. The van der Waals surface area contributed by atoms with Gasteiger partial charge in [0.15, 0.2) is 0 Å². The van der Waals surface area contributed by atoms with E-state index in [2.05, 4.69) is 45.1 Å². The third-order valence-corrected chi connectivity index (χ3v) is 5.64. The predicted molar refractivity (Wildman–Crippen MR) is 100 cm³/mol. The molecule has 3 aromatic rings. The van der Waals surface area contributed by atoms with Gasteiger partial charge in [0.2, 0.25) is 0 Å². The molecule has 1 aliphatic heterocycles. The molecule has 2 fully saturated rings. The Labute approximate surface area is 153 Å². The molecule has 26 heavy (non-hydrogen) atoms. The van der Waals surface area contributed by atoms with E-state index in [1.807, 2.05) is 0 Å². The van der Waals surface area contributed by atoms with Crippen LogP contribution in [0.1, 0.15) is 31.2 Å². The Morgan fingerprint density at radius 1 is 1.12 bits per heavy atom. The zero-order valence-electron chi connectivity index (χ0n) is 15.0. The van der Waals surface area contributed by atoms with Gasteiger partial charge in [-0.1, -0.05) is 11.2 Å². The van der Waals surface area contributed by atoms with Crippen molar-refractivity contribution in [1.82, 2.24) is 14.6 Å². The van der Waals surface area contributed by atoms with E-state index in [4.69, 9.17) is 9.26 Å². The molecular formula is C21H25N3O2. The van der Waals surface area contributed by atoms with Crippen LogP contribution in [0.5, 0.6) is 5.75 Å². The van der Waals surface area contributed by atoms with Crippen LogP contribution in [0.2, 0.25) is 0 Å². The number of benzene rings is 1. The summed E-state index contributed by atoms with van der Waals surface area (Å²) in [7, 11) is 0. The van der Waals surface area contributed by atoms with Crippen LogP contribution >= 0.6 is 0 Å². The Balaban J connectivity index is 1.23. The van der Waals surface area contributed by atoms with E-state index in [0.29, 0.717) is 6.10 Å². The van der Waals surface area contributed by atoms with E-state index in [9.17, 15) is 0 Å². The summed E-state index contributed by atoms with van der Waals surface area (Å²) >= 11 is 0. The molecule has 5 nitrogen and oxygen atoms in total. The monoisotopic (exact) mass is 351 g/mol. The van der Waals surface area contributed by atoms with Gasteiger partial charge in [0.05, 0.1) is 11.7 Å². The molecule has 0 unspecified atom stereocenters. The van der Waals surface area contributed by atoms with Crippen LogP contribution < -0.4 is 4.74 Å². The predicted octanol–water partition coefficient (Wildman–Crippen LogP) is 4.08. The first-order valence-corrected chi connectivity index (χ1v) is 9.70. The molecule has 0 radical (unpaired) electrons. The summed E-state index contributed by atoms with van der Waals surface area (Å²) < 4.78 is 13.7. The van der Waals surface area contributed by atoms with Gasteiger partial charge in [-0.15, -0.1) is 0 Å². The second-order valence-electron chi connectivity index (χ2n) is 7.73. The highest BCUT2D eigenvalue weighted by molar-refractivity contribution is 5.86. The number of piperidine rings is 1. The van der Waals surface area contributed by atoms with Gasteiger partial charge in [-0.3, -0.25) is 4.90 Å². The van der Waals surface area contributed by atoms with Gasteiger partial charge in [-0.25, -0.2) is 0 Å². The van der Waals surface area contributed by atoms with Crippen molar-refractivity contribution < 1.29 is 9.26 Å². The number of hydrogen-bond donors (Lipinski definition) is 0. The summed E-state index contributed by atoms with van der Waals surface area (Å²) in [6, 6.07) is 8.68. The maximum Gasteiger partial charge on any atom is 0.129 e. The quantitative estimate of drug-likeness (QED) is 0.671. The maximum atomic E-state index is 6.42. The molecule has 0 spiro atoms. The van der Waals surface area contributed by atoms with Crippen LogP contribution in [-0.4, -0.2) is 33.8 Å². The fraction of sp³-hybridized carbons (Fsp3) is 0.476. The lowest BCUT2D eigenvalue weighted by atomic mass is 10.1. The molecule has 3 heterocycles. The van der Waals surface area contributed by atoms with E-state index in [0.717, 1.165) is 56.3 Å². The topological polar surface area (TPSA) is 43.4 Å². The highest BCUT2D eigenvalue weighted by atomic mass is 16.5. The first kappa shape index (κ1) is 15.9. The molecule has 0 amide bonds. The van der Waals surface area contributed by atoms with Gasteiger partial charge < -0.3 is 13.8 Å². The second kappa shape index (κ2) is 6.80. The normalized spacial score (nSPS) is 19.2. The van der Waals surface area contributed by atoms with Crippen molar-refractivity contribution in [2.75, 3.05) is 13.1 Å². The lowest BCUT2D eigenvalue weighted by Crippen LogP contribution is -2.37. The summed E-state index contributed by atoms with van der Waals surface area (Å²) in [6.07, 6.45) is 10.9. The van der Waals surface area contributed by atoms with Crippen molar-refractivity contribution in [2.24, 2.45) is 5.92 Å². The summed E-state index contributed by atoms with van der Waals surface area (Å²) in [5.74, 6) is 1.92. The van der Waals surface area contributed by atoms with Crippen LogP contribution in [-0.2, 0) is 13.1 Å². The van der Waals surface area contributed by atoms with Gasteiger partial charge in [0.1, 0.15) is 18.1 Å². The molecule has 1 aliphatic carbocycles. The van der Waals surface area contributed by atoms with Crippen molar-refractivity contribution in [3.8, 4) is 5.75 Å². The molecule has 0 atom stereocenters. The van der Waals surface area contributed by atoms with E-state index in [1.54, 1.807) is 12.5 Å². The molecule has 0 bridgehead atoms. The van der Waals surface area contributed by atoms with Gasteiger partial charge in [0.25, 0.3) is 0 Å². The molecule has 0 N–H and O–H groups in total. The Morgan fingerprint density at radius 3 is 2.77 bits per heavy atom. The molecule has 1 saturated heterocycles. The Hall–Kier alpha value is -2.27. The highest BCUT2D eigenvalue weighted by Gasteiger charge is 2.24. The molecule has 2 aliphatic rings. The first-order valence-electron chi connectivity index (χ1n) is 9.70. The van der Waals surface area contributed by atoms with Crippen LogP contribution in [0.15, 0.2) is 47.4 Å². The third kappa shape index (κ3) is 3.36. The largest absolute Gasteiger partial charge is 0.490 e. The van der Waals surface area contributed by atoms with E-state index >= 15 is 0 Å². The smallest absolute Gasteiger partial charge is 0.129 e. The molecule has 2 aromatic heterocycles. The number of rotatable bonds is 6. The number of nitrogens with zero attached hydrogens (tertiary/aromatic N) is 3. The zero-order chi connectivity index (χ0) is 17.3. The molecule has 136 valence electrons. The van der Waals surface area contributed by atoms with Gasteiger partial charge >= 0.3 is 0 Å². The molecule has 1 saturated carbocycles. The highest BCUT2D eigenvalue weighted by Crippen LogP contribution is 2.34. The summed E-state index contributed by atoms with van der Waals surface area (Å²) in [5.41, 5.74) is 2.45. The van der Waals surface area contributed by atoms with E-state index < -0.39 is 0 Å². The van der Waals surface area contributed by atoms with Gasteiger partial charge in [-0.2, -0.15) is 0 Å². The van der Waals surface area contributed by atoms with E-state index in [1.165, 1.54) is 23.7 Å². The summed E-state index contributed by atoms with van der Waals surface area (Å²) in [6.45, 7) is 4.16. The molecular weight excluding hydrogens is 326 g/mol. The maximum absolute atomic E-state index is 6.42. The minimum Gasteiger partial charge on any atom is -0.490 e. The first-order chi connectivity index (χ1) is 12.8. The van der Waals surface area contributed by atoms with Crippen LogP contribution in [0.25, 0.3) is 10.9 Å². The van der Waals surface area contributed by atoms with Crippen LogP contribution in [0.4, 0.5) is 0 Å².